The van der Waals surface area contributed by atoms with Gasteiger partial charge < -0.3 is 14.2 Å². The lowest BCUT2D eigenvalue weighted by Crippen LogP contribution is -2.35. The average Bonchev–Trinajstić information content (AvgIpc) is 3.30. The molecule has 3 heterocycles. The Kier molecular flexibility index (Phi) is 6.17. The number of likely N-dealkylation sites (N-methyl/N-ethyl adjacent to an activating group) is 1. The zero-order valence-corrected chi connectivity index (χ0v) is 18.0. The van der Waals surface area contributed by atoms with Gasteiger partial charge in [0.05, 0.1) is 5.69 Å². The van der Waals surface area contributed by atoms with Crippen LogP contribution in [0.1, 0.15) is 34.8 Å². The Labute approximate surface area is 174 Å². The maximum absolute atomic E-state index is 12.9. The summed E-state index contributed by atoms with van der Waals surface area (Å²) in [7, 11) is 0. The SMILES string of the molecule is C=C(C)CN(CC)C(=O)COC(=O)c1sc2nc(C)cc(C)c2c1-n1cccc1. The lowest BCUT2D eigenvalue weighted by Gasteiger charge is -2.20. The fraction of sp³-hybridized carbons (Fsp3) is 0.318. The minimum Gasteiger partial charge on any atom is -0.451 e. The van der Waals surface area contributed by atoms with Crippen molar-refractivity contribution in [3.63, 3.8) is 0 Å². The van der Waals surface area contributed by atoms with Crippen LogP contribution in [-0.2, 0) is 9.53 Å². The molecule has 7 heteroatoms. The first-order valence-corrected chi connectivity index (χ1v) is 10.3. The van der Waals surface area contributed by atoms with Crippen LogP contribution in [0.3, 0.4) is 0 Å². The van der Waals surface area contributed by atoms with Gasteiger partial charge in [-0.3, -0.25) is 4.79 Å². The second-order valence-corrected chi connectivity index (χ2v) is 8.07. The van der Waals surface area contributed by atoms with Crippen molar-refractivity contribution in [2.75, 3.05) is 19.7 Å². The quantitative estimate of drug-likeness (QED) is 0.430. The third kappa shape index (κ3) is 4.40. The number of esters is 1. The first-order chi connectivity index (χ1) is 13.8. The van der Waals surface area contributed by atoms with Crippen LogP contribution < -0.4 is 0 Å². The summed E-state index contributed by atoms with van der Waals surface area (Å²) < 4.78 is 7.29. The van der Waals surface area contributed by atoms with Crippen LogP contribution in [0.15, 0.2) is 42.7 Å². The van der Waals surface area contributed by atoms with Crippen LogP contribution in [0.2, 0.25) is 0 Å². The molecule has 3 rings (SSSR count). The number of hydrogen-bond acceptors (Lipinski definition) is 5. The maximum atomic E-state index is 12.9. The van der Waals surface area contributed by atoms with Gasteiger partial charge in [0.15, 0.2) is 6.61 Å². The zero-order valence-electron chi connectivity index (χ0n) is 17.2. The lowest BCUT2D eigenvalue weighted by molar-refractivity contribution is -0.133. The van der Waals surface area contributed by atoms with E-state index in [1.807, 2.05) is 62.9 Å². The number of pyridine rings is 1. The van der Waals surface area contributed by atoms with Gasteiger partial charge in [-0.1, -0.05) is 12.2 Å². The van der Waals surface area contributed by atoms with Crippen LogP contribution in [0, 0.1) is 13.8 Å². The molecule has 6 nitrogen and oxygen atoms in total. The summed E-state index contributed by atoms with van der Waals surface area (Å²) in [5.41, 5.74) is 3.56. The molecular weight excluding hydrogens is 386 g/mol. The van der Waals surface area contributed by atoms with Crippen LogP contribution in [0.5, 0.6) is 0 Å². The normalized spacial score (nSPS) is 10.9. The van der Waals surface area contributed by atoms with Gasteiger partial charge in [-0.15, -0.1) is 11.3 Å². The average molecular weight is 412 g/mol. The summed E-state index contributed by atoms with van der Waals surface area (Å²) >= 11 is 1.29. The highest BCUT2D eigenvalue weighted by atomic mass is 32.1. The molecular formula is C22H25N3O3S. The van der Waals surface area contributed by atoms with Crippen molar-refractivity contribution >= 4 is 33.4 Å². The summed E-state index contributed by atoms with van der Waals surface area (Å²) in [5, 5.41) is 0.924. The number of amides is 1. The predicted octanol–water partition coefficient (Wildman–Crippen LogP) is 4.29. The van der Waals surface area contributed by atoms with E-state index in [1.54, 1.807) is 4.90 Å². The highest BCUT2D eigenvalue weighted by Crippen LogP contribution is 2.36. The van der Waals surface area contributed by atoms with Gasteiger partial charge in [0.2, 0.25) is 0 Å². The van der Waals surface area contributed by atoms with Crippen molar-refractivity contribution in [2.45, 2.75) is 27.7 Å². The van der Waals surface area contributed by atoms with Gasteiger partial charge in [0, 0.05) is 36.6 Å². The Morgan fingerprint density at radius 1 is 1.28 bits per heavy atom. The smallest absolute Gasteiger partial charge is 0.351 e. The molecule has 3 aromatic heterocycles. The number of hydrogen-bond donors (Lipinski definition) is 0. The van der Waals surface area contributed by atoms with Gasteiger partial charge >= 0.3 is 5.97 Å². The molecule has 0 atom stereocenters. The van der Waals surface area contributed by atoms with Gasteiger partial charge in [-0.25, -0.2) is 9.78 Å². The topological polar surface area (TPSA) is 64.4 Å². The molecule has 0 aromatic carbocycles. The summed E-state index contributed by atoms with van der Waals surface area (Å²) in [6.45, 7) is 12.2. The van der Waals surface area contributed by atoms with Crippen molar-refractivity contribution < 1.29 is 14.3 Å². The van der Waals surface area contributed by atoms with Crippen molar-refractivity contribution in [1.82, 2.24) is 14.5 Å². The Hall–Kier alpha value is -2.93. The monoisotopic (exact) mass is 411 g/mol. The highest BCUT2D eigenvalue weighted by Gasteiger charge is 2.24. The molecule has 0 N–H and O–H groups in total. The number of aryl methyl sites for hydroxylation is 2. The molecule has 0 aliphatic heterocycles. The molecule has 29 heavy (non-hydrogen) atoms. The van der Waals surface area contributed by atoms with Gasteiger partial charge in [0.1, 0.15) is 9.71 Å². The van der Waals surface area contributed by atoms with Crippen LogP contribution in [0.4, 0.5) is 0 Å². The van der Waals surface area contributed by atoms with Crippen LogP contribution >= 0.6 is 11.3 Å². The molecule has 0 aliphatic carbocycles. The number of aromatic nitrogens is 2. The molecule has 0 unspecified atom stereocenters. The molecule has 152 valence electrons. The van der Waals surface area contributed by atoms with E-state index in [0.717, 1.165) is 32.7 Å². The molecule has 0 saturated carbocycles. The fourth-order valence-corrected chi connectivity index (χ4v) is 4.47. The molecule has 3 aromatic rings. The predicted molar refractivity (Wildman–Crippen MR) is 116 cm³/mol. The number of fused-ring (bicyclic) bond motifs is 1. The molecule has 1 amide bonds. The number of thiophene rings is 1. The Morgan fingerprint density at radius 3 is 2.59 bits per heavy atom. The second-order valence-electron chi connectivity index (χ2n) is 7.07. The summed E-state index contributed by atoms with van der Waals surface area (Å²) in [6, 6.07) is 5.79. The molecule has 0 bridgehead atoms. The molecule has 0 saturated heterocycles. The van der Waals surface area contributed by atoms with E-state index in [2.05, 4.69) is 11.6 Å². The third-order valence-electron chi connectivity index (χ3n) is 4.53. The van der Waals surface area contributed by atoms with Gasteiger partial charge in [0.25, 0.3) is 5.91 Å². The number of rotatable bonds is 7. The van der Waals surface area contributed by atoms with E-state index in [-0.39, 0.29) is 12.5 Å². The van der Waals surface area contributed by atoms with E-state index in [0.29, 0.717) is 18.0 Å². The largest absolute Gasteiger partial charge is 0.451 e. The standard InChI is InChI=1S/C22H25N3O3S/c1-6-24(12-14(2)3)17(26)13-28-22(27)20-19(25-9-7-8-10-25)18-15(4)11-16(5)23-21(18)29-20/h7-11H,2,6,12-13H2,1,3-5H3. The molecule has 0 aliphatic rings. The number of ether oxygens (including phenoxy) is 1. The van der Waals surface area contributed by atoms with E-state index in [4.69, 9.17) is 4.74 Å². The second kappa shape index (κ2) is 8.61. The number of carbonyl (C=O) groups is 2. The van der Waals surface area contributed by atoms with Crippen molar-refractivity contribution in [3.05, 3.63) is 58.9 Å². The Balaban J connectivity index is 1.92. The zero-order chi connectivity index (χ0) is 21.1. The first-order valence-electron chi connectivity index (χ1n) is 9.45. The van der Waals surface area contributed by atoms with Gasteiger partial charge in [-0.2, -0.15) is 0 Å². The van der Waals surface area contributed by atoms with E-state index < -0.39 is 5.97 Å². The summed E-state index contributed by atoms with van der Waals surface area (Å²) in [4.78, 5) is 32.8. The number of nitrogens with zero attached hydrogens (tertiary/aromatic N) is 3. The van der Waals surface area contributed by atoms with E-state index >= 15 is 0 Å². The highest BCUT2D eigenvalue weighted by molar-refractivity contribution is 7.21. The summed E-state index contributed by atoms with van der Waals surface area (Å²) in [6.07, 6.45) is 3.77. The number of carbonyl (C=O) groups excluding carboxylic acids is 2. The van der Waals surface area contributed by atoms with E-state index in [1.165, 1.54) is 11.3 Å². The maximum Gasteiger partial charge on any atom is 0.351 e. The van der Waals surface area contributed by atoms with Crippen molar-refractivity contribution in [3.8, 4) is 5.69 Å². The minimum absolute atomic E-state index is 0.238. The van der Waals surface area contributed by atoms with Crippen molar-refractivity contribution in [1.29, 1.82) is 0 Å². The van der Waals surface area contributed by atoms with Crippen LogP contribution in [0.25, 0.3) is 15.9 Å². The Bertz CT molecular complexity index is 1070. The minimum atomic E-state index is -0.520. The molecule has 0 fully saturated rings. The molecule has 0 radical (unpaired) electrons. The van der Waals surface area contributed by atoms with Crippen molar-refractivity contribution in [2.24, 2.45) is 0 Å². The fourth-order valence-electron chi connectivity index (χ4n) is 3.28. The summed E-state index contributed by atoms with van der Waals surface area (Å²) in [5.74, 6) is -0.758. The van der Waals surface area contributed by atoms with E-state index in [9.17, 15) is 9.59 Å². The van der Waals surface area contributed by atoms with Crippen LogP contribution in [-0.4, -0.2) is 46.0 Å². The van der Waals surface area contributed by atoms with Gasteiger partial charge in [-0.05, 0) is 51.5 Å². The molecule has 0 spiro atoms. The third-order valence-corrected chi connectivity index (χ3v) is 5.58. The Morgan fingerprint density at radius 2 is 1.97 bits per heavy atom. The lowest BCUT2D eigenvalue weighted by atomic mass is 10.1. The first kappa shape index (κ1) is 20.8.